The lowest BCUT2D eigenvalue weighted by molar-refractivity contribution is -0.127. The SMILES string of the molecule is Cl.O=S(=O)(NC1CCNC1)c1ccc(CC(F)(F)F)cc1. The van der Waals surface area contributed by atoms with Crippen molar-refractivity contribution in [3.63, 3.8) is 0 Å². The smallest absolute Gasteiger partial charge is 0.315 e. The van der Waals surface area contributed by atoms with E-state index in [2.05, 4.69) is 10.0 Å². The zero-order valence-corrected chi connectivity index (χ0v) is 12.6. The molecule has 2 rings (SSSR count). The van der Waals surface area contributed by atoms with Gasteiger partial charge in [-0.05, 0) is 30.7 Å². The number of sulfonamides is 1. The second-order valence-electron chi connectivity index (χ2n) is 4.75. The van der Waals surface area contributed by atoms with Crippen LogP contribution in [0, 0.1) is 0 Å². The van der Waals surface area contributed by atoms with Crippen LogP contribution < -0.4 is 10.0 Å². The zero-order chi connectivity index (χ0) is 14.8. The molecule has 1 aromatic carbocycles. The summed E-state index contributed by atoms with van der Waals surface area (Å²) >= 11 is 0. The minimum atomic E-state index is -4.30. The quantitative estimate of drug-likeness (QED) is 0.876. The highest BCUT2D eigenvalue weighted by Gasteiger charge is 2.28. The van der Waals surface area contributed by atoms with Gasteiger partial charge in [-0.1, -0.05) is 12.1 Å². The highest BCUT2D eigenvalue weighted by molar-refractivity contribution is 7.89. The molecule has 2 N–H and O–H groups in total. The maximum atomic E-state index is 12.2. The van der Waals surface area contributed by atoms with E-state index in [1.165, 1.54) is 24.3 Å². The van der Waals surface area contributed by atoms with Crippen molar-refractivity contribution in [3.8, 4) is 0 Å². The fraction of sp³-hybridized carbons (Fsp3) is 0.500. The third-order valence-corrected chi connectivity index (χ3v) is 4.56. The van der Waals surface area contributed by atoms with Gasteiger partial charge in [-0.15, -0.1) is 12.4 Å². The van der Waals surface area contributed by atoms with Crippen molar-refractivity contribution in [1.29, 1.82) is 0 Å². The van der Waals surface area contributed by atoms with Crippen LogP contribution in [0.3, 0.4) is 0 Å². The molecule has 1 fully saturated rings. The van der Waals surface area contributed by atoms with Gasteiger partial charge < -0.3 is 5.32 Å². The number of hydrogen-bond acceptors (Lipinski definition) is 3. The first-order valence-electron chi connectivity index (χ1n) is 6.15. The van der Waals surface area contributed by atoms with Gasteiger partial charge in [0.1, 0.15) is 0 Å². The van der Waals surface area contributed by atoms with Crippen LogP contribution in [0.5, 0.6) is 0 Å². The molecule has 9 heteroatoms. The predicted molar refractivity (Wildman–Crippen MR) is 75.0 cm³/mol. The Bertz CT molecular complexity index is 555. The number of benzene rings is 1. The highest BCUT2D eigenvalue weighted by Crippen LogP contribution is 2.22. The van der Waals surface area contributed by atoms with Gasteiger partial charge >= 0.3 is 6.18 Å². The van der Waals surface area contributed by atoms with Crippen molar-refractivity contribution in [1.82, 2.24) is 10.0 Å². The molecule has 1 atom stereocenters. The first kappa shape index (κ1) is 18.2. The zero-order valence-electron chi connectivity index (χ0n) is 11.0. The van der Waals surface area contributed by atoms with Gasteiger partial charge in [0.15, 0.2) is 0 Å². The molecule has 0 bridgehead atoms. The van der Waals surface area contributed by atoms with Crippen LogP contribution in [-0.4, -0.2) is 33.7 Å². The minimum absolute atomic E-state index is 0. The summed E-state index contributed by atoms with van der Waals surface area (Å²) in [5.74, 6) is 0. The van der Waals surface area contributed by atoms with Crippen molar-refractivity contribution >= 4 is 22.4 Å². The predicted octanol–water partition coefficient (Wildman–Crippen LogP) is 1.85. The molecule has 120 valence electrons. The summed E-state index contributed by atoms with van der Waals surface area (Å²) in [5, 5.41) is 3.03. The molecular weight excluding hydrogens is 329 g/mol. The van der Waals surface area contributed by atoms with Crippen molar-refractivity contribution < 1.29 is 21.6 Å². The van der Waals surface area contributed by atoms with E-state index >= 15 is 0 Å². The fourth-order valence-corrected chi connectivity index (χ4v) is 3.33. The van der Waals surface area contributed by atoms with Crippen LogP contribution in [0.2, 0.25) is 0 Å². The molecule has 1 aliphatic heterocycles. The molecule has 21 heavy (non-hydrogen) atoms. The van der Waals surface area contributed by atoms with Crippen LogP contribution >= 0.6 is 12.4 Å². The number of halogens is 4. The van der Waals surface area contributed by atoms with E-state index < -0.39 is 22.6 Å². The molecule has 0 aliphatic carbocycles. The summed E-state index contributed by atoms with van der Waals surface area (Å²) in [4.78, 5) is -0.0182. The maximum Gasteiger partial charge on any atom is 0.393 e. The Labute approximate surface area is 127 Å². The van der Waals surface area contributed by atoms with E-state index in [4.69, 9.17) is 0 Å². The third-order valence-electron chi connectivity index (χ3n) is 3.02. The first-order valence-corrected chi connectivity index (χ1v) is 7.63. The van der Waals surface area contributed by atoms with Gasteiger partial charge in [0, 0.05) is 12.6 Å². The van der Waals surface area contributed by atoms with E-state index in [9.17, 15) is 21.6 Å². The average Bonchev–Trinajstić information content (AvgIpc) is 2.79. The fourth-order valence-electron chi connectivity index (χ4n) is 2.06. The Balaban J connectivity index is 0.00000220. The second kappa shape index (κ2) is 6.95. The van der Waals surface area contributed by atoms with Gasteiger partial charge in [0.25, 0.3) is 0 Å². The molecule has 0 saturated carbocycles. The van der Waals surface area contributed by atoms with Crippen molar-refractivity contribution in [2.75, 3.05) is 13.1 Å². The summed E-state index contributed by atoms with van der Waals surface area (Å²) in [6.07, 6.45) is -4.66. The molecule has 4 nitrogen and oxygen atoms in total. The van der Waals surface area contributed by atoms with Crippen LogP contribution in [0.4, 0.5) is 13.2 Å². The lowest BCUT2D eigenvalue weighted by Crippen LogP contribution is -2.36. The second-order valence-corrected chi connectivity index (χ2v) is 6.46. The lowest BCUT2D eigenvalue weighted by atomic mass is 10.1. The number of hydrogen-bond donors (Lipinski definition) is 2. The summed E-state index contributed by atoms with van der Waals surface area (Å²) in [5.41, 5.74) is 0.0407. The van der Waals surface area contributed by atoms with E-state index in [1.807, 2.05) is 0 Å². The van der Waals surface area contributed by atoms with Crippen LogP contribution in [0.1, 0.15) is 12.0 Å². The number of rotatable bonds is 4. The van der Waals surface area contributed by atoms with E-state index in [1.54, 1.807) is 0 Å². The molecule has 0 spiro atoms. The Kier molecular flexibility index (Phi) is 6.03. The van der Waals surface area contributed by atoms with Crippen LogP contribution in [-0.2, 0) is 16.4 Å². The van der Waals surface area contributed by atoms with Crippen molar-refractivity contribution in [2.45, 2.75) is 30.0 Å². The van der Waals surface area contributed by atoms with E-state index in [0.717, 1.165) is 6.54 Å². The van der Waals surface area contributed by atoms with Gasteiger partial charge in [0.05, 0.1) is 11.3 Å². The van der Waals surface area contributed by atoms with Gasteiger partial charge in [-0.2, -0.15) is 13.2 Å². The topological polar surface area (TPSA) is 58.2 Å². The molecule has 1 aromatic rings. The third kappa shape index (κ3) is 5.46. The Morgan fingerprint density at radius 3 is 2.33 bits per heavy atom. The molecular formula is C12H16ClF3N2O2S. The minimum Gasteiger partial charge on any atom is -0.315 e. The molecule has 1 unspecified atom stereocenters. The van der Waals surface area contributed by atoms with E-state index in [0.29, 0.717) is 13.0 Å². The van der Waals surface area contributed by atoms with Crippen molar-refractivity contribution in [3.05, 3.63) is 29.8 Å². The van der Waals surface area contributed by atoms with Gasteiger partial charge in [-0.25, -0.2) is 13.1 Å². The molecule has 1 heterocycles. The van der Waals surface area contributed by atoms with Crippen LogP contribution in [0.15, 0.2) is 29.2 Å². The Hall–Kier alpha value is -0.830. The Morgan fingerprint density at radius 2 is 1.86 bits per heavy atom. The summed E-state index contributed by atoms with van der Waals surface area (Å²) < 4.78 is 63.2. The maximum absolute atomic E-state index is 12.2. The standard InChI is InChI=1S/C12H15F3N2O2S.ClH/c13-12(14,15)7-9-1-3-11(4-2-9)20(18,19)17-10-5-6-16-8-10;/h1-4,10,16-17H,5-8H2;1H. The molecule has 1 saturated heterocycles. The van der Waals surface area contributed by atoms with Gasteiger partial charge in [0.2, 0.25) is 10.0 Å². The summed E-state index contributed by atoms with van der Waals surface area (Å²) in [7, 11) is -3.68. The van der Waals surface area contributed by atoms with Crippen LogP contribution in [0.25, 0.3) is 0 Å². The highest BCUT2D eigenvalue weighted by atomic mass is 35.5. The molecule has 0 aromatic heterocycles. The number of nitrogens with one attached hydrogen (secondary N) is 2. The first-order chi connectivity index (χ1) is 9.26. The monoisotopic (exact) mass is 344 g/mol. The molecule has 0 radical (unpaired) electrons. The lowest BCUT2D eigenvalue weighted by Gasteiger charge is -2.12. The van der Waals surface area contributed by atoms with E-state index in [-0.39, 0.29) is 28.9 Å². The average molecular weight is 345 g/mol. The largest absolute Gasteiger partial charge is 0.393 e. The normalized spacial score (nSPS) is 19.3. The Morgan fingerprint density at radius 1 is 1.24 bits per heavy atom. The van der Waals surface area contributed by atoms with Gasteiger partial charge in [-0.3, -0.25) is 0 Å². The summed E-state index contributed by atoms with van der Waals surface area (Å²) in [6, 6.07) is 4.61. The van der Waals surface area contributed by atoms with Crippen molar-refractivity contribution in [2.24, 2.45) is 0 Å². The number of alkyl halides is 3. The molecule has 1 aliphatic rings. The summed E-state index contributed by atoms with van der Waals surface area (Å²) in [6.45, 7) is 1.31. The molecule has 0 amide bonds.